The molecule has 1 rings (SSSR count). The Balaban J connectivity index is 2.64. The topological polar surface area (TPSA) is 26.3 Å². The van der Waals surface area contributed by atoms with Crippen molar-refractivity contribution in [1.29, 1.82) is 0 Å². The molecule has 2 atom stereocenters. The predicted octanol–water partition coefficient (Wildman–Crippen LogP) is 3.90. The summed E-state index contributed by atoms with van der Waals surface area (Å²) in [6, 6.07) is 8.52. The van der Waals surface area contributed by atoms with Gasteiger partial charge in [0.25, 0.3) is 0 Å². The summed E-state index contributed by atoms with van der Waals surface area (Å²) in [5.74, 6) is -0.0405. The standard InChI is InChI=1S/C16H24O2/c1-12(10-17)11-18-13(2)14-6-8-15(9-7-14)16(3,4)5/h6-10,12-13H,11H2,1-5H3. The van der Waals surface area contributed by atoms with Gasteiger partial charge in [-0.3, -0.25) is 0 Å². The van der Waals surface area contributed by atoms with Crippen molar-refractivity contribution < 1.29 is 9.53 Å². The minimum Gasteiger partial charge on any atom is -0.373 e. The van der Waals surface area contributed by atoms with E-state index in [1.165, 1.54) is 5.56 Å². The van der Waals surface area contributed by atoms with Crippen LogP contribution in [0.4, 0.5) is 0 Å². The Morgan fingerprint density at radius 3 is 2.17 bits per heavy atom. The molecule has 0 aromatic heterocycles. The highest BCUT2D eigenvalue weighted by molar-refractivity contribution is 5.52. The molecule has 0 aliphatic heterocycles. The first-order chi connectivity index (χ1) is 8.34. The maximum Gasteiger partial charge on any atom is 0.125 e. The van der Waals surface area contributed by atoms with Gasteiger partial charge < -0.3 is 9.53 Å². The molecule has 0 amide bonds. The summed E-state index contributed by atoms with van der Waals surface area (Å²) in [4.78, 5) is 10.5. The highest BCUT2D eigenvalue weighted by atomic mass is 16.5. The first-order valence-corrected chi connectivity index (χ1v) is 6.52. The molecule has 0 heterocycles. The van der Waals surface area contributed by atoms with Crippen LogP contribution in [-0.2, 0) is 14.9 Å². The van der Waals surface area contributed by atoms with Crippen molar-refractivity contribution in [3.63, 3.8) is 0 Å². The lowest BCUT2D eigenvalue weighted by Gasteiger charge is -2.20. The Morgan fingerprint density at radius 1 is 1.17 bits per heavy atom. The Hall–Kier alpha value is -1.15. The van der Waals surface area contributed by atoms with E-state index in [1.54, 1.807) is 0 Å². The Labute approximate surface area is 110 Å². The zero-order valence-electron chi connectivity index (χ0n) is 12.1. The van der Waals surface area contributed by atoms with E-state index >= 15 is 0 Å². The van der Waals surface area contributed by atoms with Crippen LogP contribution in [0.3, 0.4) is 0 Å². The van der Waals surface area contributed by atoms with Crippen molar-refractivity contribution >= 4 is 6.29 Å². The van der Waals surface area contributed by atoms with Crippen LogP contribution in [0.15, 0.2) is 24.3 Å². The minimum absolute atomic E-state index is 0.0291. The molecule has 100 valence electrons. The fraction of sp³-hybridized carbons (Fsp3) is 0.562. The molecule has 1 aromatic carbocycles. The van der Waals surface area contributed by atoms with Crippen LogP contribution in [-0.4, -0.2) is 12.9 Å². The van der Waals surface area contributed by atoms with Crippen molar-refractivity contribution in [3.05, 3.63) is 35.4 Å². The Kier molecular flexibility index (Phi) is 5.09. The molecular formula is C16H24O2. The van der Waals surface area contributed by atoms with Crippen molar-refractivity contribution in [3.8, 4) is 0 Å². The van der Waals surface area contributed by atoms with E-state index in [2.05, 4.69) is 45.0 Å². The van der Waals surface area contributed by atoms with E-state index in [9.17, 15) is 4.79 Å². The molecule has 0 saturated carbocycles. The lowest BCUT2D eigenvalue weighted by atomic mass is 9.86. The molecule has 0 spiro atoms. The summed E-state index contributed by atoms with van der Waals surface area (Å²) >= 11 is 0. The molecule has 0 bridgehead atoms. The van der Waals surface area contributed by atoms with Crippen LogP contribution in [0.5, 0.6) is 0 Å². The number of carbonyl (C=O) groups excluding carboxylic acids is 1. The van der Waals surface area contributed by atoms with Gasteiger partial charge in [0, 0.05) is 5.92 Å². The second-order valence-electron chi connectivity index (χ2n) is 5.96. The summed E-state index contributed by atoms with van der Waals surface area (Å²) < 4.78 is 5.67. The lowest BCUT2D eigenvalue weighted by molar-refractivity contribution is -0.113. The molecule has 2 nitrogen and oxygen atoms in total. The number of hydrogen-bond donors (Lipinski definition) is 0. The number of benzene rings is 1. The maximum atomic E-state index is 10.5. The van der Waals surface area contributed by atoms with Gasteiger partial charge in [-0.2, -0.15) is 0 Å². The van der Waals surface area contributed by atoms with E-state index in [-0.39, 0.29) is 17.4 Å². The van der Waals surface area contributed by atoms with Gasteiger partial charge in [0.2, 0.25) is 0 Å². The first-order valence-electron chi connectivity index (χ1n) is 6.52. The second kappa shape index (κ2) is 6.14. The third-order valence-corrected chi connectivity index (χ3v) is 3.09. The third-order valence-electron chi connectivity index (χ3n) is 3.09. The number of rotatable bonds is 5. The summed E-state index contributed by atoms with van der Waals surface area (Å²) in [5.41, 5.74) is 2.65. The molecule has 1 aromatic rings. The summed E-state index contributed by atoms with van der Waals surface area (Å²) in [7, 11) is 0. The van der Waals surface area contributed by atoms with Crippen molar-refractivity contribution in [2.45, 2.75) is 46.1 Å². The SMILES string of the molecule is CC(C=O)COC(C)c1ccc(C(C)(C)C)cc1. The fourth-order valence-corrected chi connectivity index (χ4v) is 1.69. The molecule has 0 aliphatic rings. The predicted molar refractivity (Wildman–Crippen MR) is 74.7 cm³/mol. The molecule has 0 saturated heterocycles. The smallest absolute Gasteiger partial charge is 0.125 e. The van der Waals surface area contributed by atoms with E-state index < -0.39 is 0 Å². The number of carbonyl (C=O) groups is 1. The van der Waals surface area contributed by atoms with E-state index in [4.69, 9.17) is 4.74 Å². The average molecular weight is 248 g/mol. The highest BCUT2D eigenvalue weighted by Crippen LogP contribution is 2.25. The number of hydrogen-bond acceptors (Lipinski definition) is 2. The number of aldehydes is 1. The van der Waals surface area contributed by atoms with E-state index in [0.717, 1.165) is 11.8 Å². The molecular weight excluding hydrogens is 224 g/mol. The fourth-order valence-electron chi connectivity index (χ4n) is 1.69. The first kappa shape index (κ1) is 14.9. The highest BCUT2D eigenvalue weighted by Gasteiger charge is 2.14. The average Bonchev–Trinajstić information content (AvgIpc) is 2.34. The maximum absolute atomic E-state index is 10.5. The zero-order valence-corrected chi connectivity index (χ0v) is 12.1. The van der Waals surface area contributed by atoms with Gasteiger partial charge >= 0.3 is 0 Å². The van der Waals surface area contributed by atoms with Gasteiger partial charge in [-0.05, 0) is 23.5 Å². The van der Waals surface area contributed by atoms with Crippen molar-refractivity contribution in [2.24, 2.45) is 5.92 Å². The van der Waals surface area contributed by atoms with Gasteiger partial charge in [0.1, 0.15) is 6.29 Å². The van der Waals surface area contributed by atoms with Crippen LogP contribution >= 0.6 is 0 Å². The van der Waals surface area contributed by atoms with Gasteiger partial charge in [0.05, 0.1) is 12.7 Å². The minimum atomic E-state index is -0.0405. The normalized spacial score (nSPS) is 15.2. The van der Waals surface area contributed by atoms with Crippen LogP contribution in [0.1, 0.15) is 51.8 Å². The third kappa shape index (κ3) is 4.26. The molecule has 0 radical (unpaired) electrons. The van der Waals surface area contributed by atoms with Gasteiger partial charge in [-0.1, -0.05) is 52.0 Å². The molecule has 2 unspecified atom stereocenters. The van der Waals surface area contributed by atoms with Crippen molar-refractivity contribution in [1.82, 2.24) is 0 Å². The summed E-state index contributed by atoms with van der Waals surface area (Å²) in [6.07, 6.45) is 0.955. The monoisotopic (exact) mass is 248 g/mol. The number of ether oxygens (including phenoxy) is 1. The zero-order chi connectivity index (χ0) is 13.8. The quantitative estimate of drug-likeness (QED) is 0.739. The Morgan fingerprint density at radius 2 is 1.72 bits per heavy atom. The molecule has 2 heteroatoms. The van der Waals surface area contributed by atoms with Crippen LogP contribution in [0.2, 0.25) is 0 Å². The van der Waals surface area contributed by atoms with Crippen LogP contribution in [0, 0.1) is 5.92 Å². The largest absolute Gasteiger partial charge is 0.373 e. The van der Waals surface area contributed by atoms with Crippen LogP contribution < -0.4 is 0 Å². The van der Waals surface area contributed by atoms with Crippen LogP contribution in [0.25, 0.3) is 0 Å². The summed E-state index contributed by atoms with van der Waals surface area (Å²) in [5, 5.41) is 0. The molecule has 18 heavy (non-hydrogen) atoms. The van der Waals surface area contributed by atoms with Gasteiger partial charge in [-0.15, -0.1) is 0 Å². The Bertz CT molecular complexity index is 373. The van der Waals surface area contributed by atoms with E-state index in [0.29, 0.717) is 6.61 Å². The molecule has 0 aliphatic carbocycles. The van der Waals surface area contributed by atoms with E-state index in [1.807, 2.05) is 13.8 Å². The molecule has 0 N–H and O–H groups in total. The lowest BCUT2D eigenvalue weighted by Crippen LogP contribution is -2.12. The summed E-state index contributed by atoms with van der Waals surface area (Å²) in [6.45, 7) is 11.0. The van der Waals surface area contributed by atoms with Gasteiger partial charge in [-0.25, -0.2) is 0 Å². The molecule has 0 fully saturated rings. The second-order valence-corrected chi connectivity index (χ2v) is 5.96. The van der Waals surface area contributed by atoms with Gasteiger partial charge in [0.15, 0.2) is 0 Å². The van der Waals surface area contributed by atoms with Crippen molar-refractivity contribution in [2.75, 3.05) is 6.61 Å².